The molecule has 88 valence electrons. The van der Waals surface area contributed by atoms with Crippen LogP contribution >= 0.6 is 0 Å². The summed E-state index contributed by atoms with van der Waals surface area (Å²) in [4.78, 5) is 21.6. The van der Waals surface area contributed by atoms with E-state index in [0.717, 1.165) is 12.8 Å². The van der Waals surface area contributed by atoms with E-state index in [1.807, 2.05) is 6.92 Å². The van der Waals surface area contributed by atoms with Gasteiger partial charge >= 0.3 is 6.09 Å². The van der Waals surface area contributed by atoms with E-state index >= 15 is 0 Å². The molecule has 0 aliphatic heterocycles. The average molecular weight is 217 g/mol. The van der Waals surface area contributed by atoms with Crippen LogP contribution in [0, 0.1) is 5.92 Å². The number of ether oxygens (including phenoxy) is 1. The lowest BCUT2D eigenvalue weighted by molar-refractivity contribution is -0.125. The molecular formula is C9H19N3O3. The van der Waals surface area contributed by atoms with E-state index in [1.165, 1.54) is 0 Å². The van der Waals surface area contributed by atoms with E-state index in [1.54, 1.807) is 0 Å². The molecule has 0 bridgehead atoms. The van der Waals surface area contributed by atoms with Gasteiger partial charge in [0.25, 0.3) is 0 Å². The second-order valence-electron chi connectivity index (χ2n) is 3.18. The van der Waals surface area contributed by atoms with Gasteiger partial charge in [-0.2, -0.15) is 0 Å². The number of primary amides is 1. The van der Waals surface area contributed by atoms with Crippen molar-refractivity contribution >= 4 is 12.0 Å². The molecule has 1 unspecified atom stereocenters. The molecule has 6 nitrogen and oxygen atoms in total. The molecule has 0 aliphatic carbocycles. The van der Waals surface area contributed by atoms with Crippen molar-refractivity contribution in [2.75, 3.05) is 19.7 Å². The third-order valence-corrected chi connectivity index (χ3v) is 1.94. The first-order chi connectivity index (χ1) is 7.11. The minimum absolute atomic E-state index is 0.0878. The van der Waals surface area contributed by atoms with Crippen molar-refractivity contribution in [1.29, 1.82) is 0 Å². The first kappa shape index (κ1) is 13.7. The van der Waals surface area contributed by atoms with Crippen LogP contribution in [0.3, 0.4) is 0 Å². The summed E-state index contributed by atoms with van der Waals surface area (Å²) >= 11 is 0. The first-order valence-corrected chi connectivity index (χ1v) is 5.01. The molecule has 0 radical (unpaired) electrons. The van der Waals surface area contributed by atoms with Crippen LogP contribution in [0.25, 0.3) is 0 Å². The Balaban J connectivity index is 3.66. The largest absolute Gasteiger partial charge is 0.448 e. The number of rotatable bonds is 7. The fraction of sp³-hybridized carbons (Fsp3) is 0.778. The number of carbonyl (C=O) groups excluding carboxylic acids is 2. The maximum atomic E-state index is 11.4. The zero-order valence-corrected chi connectivity index (χ0v) is 8.99. The molecule has 0 aliphatic rings. The number of nitrogens with one attached hydrogen (secondary N) is 1. The number of amides is 2. The maximum absolute atomic E-state index is 11.4. The number of hydrogen-bond donors (Lipinski definition) is 3. The van der Waals surface area contributed by atoms with E-state index in [-0.39, 0.29) is 25.0 Å². The smallest absolute Gasteiger partial charge is 0.404 e. The molecule has 15 heavy (non-hydrogen) atoms. The van der Waals surface area contributed by atoms with Crippen molar-refractivity contribution in [3.63, 3.8) is 0 Å². The average Bonchev–Trinajstić information content (AvgIpc) is 2.20. The summed E-state index contributed by atoms with van der Waals surface area (Å²) in [6.07, 6.45) is 0.833. The minimum Gasteiger partial charge on any atom is -0.448 e. The minimum atomic E-state index is -0.840. The third kappa shape index (κ3) is 6.73. The Bertz CT molecular complexity index is 209. The highest BCUT2D eigenvalue weighted by Gasteiger charge is 2.14. The Kier molecular flexibility index (Phi) is 7.35. The lowest BCUT2D eigenvalue weighted by atomic mass is 10.0. The Hall–Kier alpha value is -1.30. The molecule has 1 atom stereocenters. The third-order valence-electron chi connectivity index (χ3n) is 1.94. The number of carbonyl (C=O) groups is 2. The van der Waals surface area contributed by atoms with Crippen LogP contribution in [-0.4, -0.2) is 31.7 Å². The van der Waals surface area contributed by atoms with Gasteiger partial charge in [-0.1, -0.05) is 13.3 Å². The van der Waals surface area contributed by atoms with Gasteiger partial charge in [-0.05, 0) is 6.42 Å². The van der Waals surface area contributed by atoms with Gasteiger partial charge in [0.15, 0.2) is 0 Å². The van der Waals surface area contributed by atoms with Crippen molar-refractivity contribution in [2.45, 2.75) is 19.8 Å². The highest BCUT2D eigenvalue weighted by atomic mass is 16.5. The molecule has 0 heterocycles. The van der Waals surface area contributed by atoms with Crippen LogP contribution in [0.1, 0.15) is 19.8 Å². The molecule has 0 aromatic carbocycles. The van der Waals surface area contributed by atoms with Crippen LogP contribution in [0.2, 0.25) is 0 Å². The second kappa shape index (κ2) is 8.05. The summed E-state index contributed by atoms with van der Waals surface area (Å²) < 4.78 is 4.46. The standard InChI is InChI=1S/C9H19N3O3/c1-2-3-7(6-10)8(13)12-4-5-15-9(11)14/h7H,2-6,10H2,1H3,(H2,11,14)(H,12,13). The number of hydrogen-bond acceptors (Lipinski definition) is 4. The molecule has 0 saturated heterocycles. The van der Waals surface area contributed by atoms with Gasteiger partial charge in [0.1, 0.15) is 6.61 Å². The summed E-state index contributed by atoms with van der Waals surface area (Å²) in [5.41, 5.74) is 10.2. The lowest BCUT2D eigenvalue weighted by Crippen LogP contribution is -2.37. The summed E-state index contributed by atoms with van der Waals surface area (Å²) in [6.45, 7) is 2.68. The zero-order valence-electron chi connectivity index (χ0n) is 8.99. The number of nitrogens with two attached hydrogens (primary N) is 2. The SMILES string of the molecule is CCCC(CN)C(=O)NCCOC(N)=O. The van der Waals surface area contributed by atoms with Crippen molar-refractivity contribution in [2.24, 2.45) is 17.4 Å². The van der Waals surface area contributed by atoms with Gasteiger partial charge in [0.2, 0.25) is 5.91 Å². The molecule has 0 aromatic heterocycles. The molecule has 5 N–H and O–H groups in total. The predicted octanol–water partition coefficient (Wildman–Crippen LogP) is -0.427. The van der Waals surface area contributed by atoms with E-state index in [2.05, 4.69) is 10.1 Å². The van der Waals surface area contributed by atoms with Crippen molar-refractivity contribution in [3.05, 3.63) is 0 Å². The van der Waals surface area contributed by atoms with E-state index in [0.29, 0.717) is 6.54 Å². The molecule has 0 aromatic rings. The van der Waals surface area contributed by atoms with Gasteiger partial charge in [-0.25, -0.2) is 4.79 Å². The molecule has 6 heteroatoms. The Morgan fingerprint density at radius 1 is 1.47 bits per heavy atom. The quantitative estimate of drug-likeness (QED) is 0.503. The maximum Gasteiger partial charge on any atom is 0.404 e. The van der Waals surface area contributed by atoms with E-state index < -0.39 is 6.09 Å². The van der Waals surface area contributed by atoms with Crippen molar-refractivity contribution in [3.8, 4) is 0 Å². The predicted molar refractivity (Wildman–Crippen MR) is 56.0 cm³/mol. The fourth-order valence-electron chi connectivity index (χ4n) is 1.17. The molecule has 2 amide bonds. The highest BCUT2D eigenvalue weighted by Crippen LogP contribution is 2.03. The van der Waals surface area contributed by atoms with Crippen LogP contribution in [0.5, 0.6) is 0 Å². The van der Waals surface area contributed by atoms with Crippen LogP contribution in [-0.2, 0) is 9.53 Å². The molecule has 0 saturated carbocycles. The van der Waals surface area contributed by atoms with Gasteiger partial charge in [0.05, 0.1) is 12.5 Å². The zero-order chi connectivity index (χ0) is 11.7. The van der Waals surface area contributed by atoms with Crippen LogP contribution in [0.15, 0.2) is 0 Å². The lowest BCUT2D eigenvalue weighted by Gasteiger charge is -2.13. The highest BCUT2D eigenvalue weighted by molar-refractivity contribution is 5.78. The monoisotopic (exact) mass is 217 g/mol. The topological polar surface area (TPSA) is 107 Å². The van der Waals surface area contributed by atoms with E-state index in [4.69, 9.17) is 11.5 Å². The summed E-state index contributed by atoms with van der Waals surface area (Å²) in [6, 6.07) is 0. The van der Waals surface area contributed by atoms with Gasteiger partial charge in [-0.3, -0.25) is 4.79 Å². The summed E-state index contributed by atoms with van der Waals surface area (Å²) in [5, 5.41) is 2.62. The Morgan fingerprint density at radius 3 is 2.60 bits per heavy atom. The molecule has 0 spiro atoms. The van der Waals surface area contributed by atoms with Crippen LogP contribution < -0.4 is 16.8 Å². The van der Waals surface area contributed by atoms with Gasteiger partial charge < -0.3 is 21.5 Å². The molecule has 0 fully saturated rings. The summed E-state index contributed by atoms with van der Waals surface area (Å²) in [7, 11) is 0. The molecular weight excluding hydrogens is 198 g/mol. The van der Waals surface area contributed by atoms with E-state index in [9.17, 15) is 9.59 Å². The normalized spacial score (nSPS) is 11.9. The second-order valence-corrected chi connectivity index (χ2v) is 3.18. The molecule has 0 rings (SSSR count). The Labute approximate surface area is 89.3 Å². The van der Waals surface area contributed by atoms with Gasteiger partial charge in [0, 0.05) is 6.54 Å². The summed E-state index contributed by atoms with van der Waals surface area (Å²) in [5.74, 6) is -0.268. The van der Waals surface area contributed by atoms with Gasteiger partial charge in [-0.15, -0.1) is 0 Å². The van der Waals surface area contributed by atoms with Crippen LogP contribution in [0.4, 0.5) is 4.79 Å². The van der Waals surface area contributed by atoms with Crippen molar-refractivity contribution in [1.82, 2.24) is 5.32 Å². The fourth-order valence-corrected chi connectivity index (χ4v) is 1.17. The Morgan fingerprint density at radius 2 is 2.13 bits per heavy atom. The van der Waals surface area contributed by atoms with Crippen molar-refractivity contribution < 1.29 is 14.3 Å². The first-order valence-electron chi connectivity index (χ1n) is 5.01.